The van der Waals surface area contributed by atoms with Gasteiger partial charge in [-0.3, -0.25) is 4.79 Å². The molecule has 9 nitrogen and oxygen atoms in total. The Morgan fingerprint density at radius 3 is 2.08 bits per heavy atom. The zero-order chi connectivity index (χ0) is 29.7. The molecule has 1 amide bonds. The maximum atomic E-state index is 13.6. The maximum absolute atomic E-state index is 13.6. The Morgan fingerprint density at radius 2 is 1.59 bits per heavy atom. The van der Waals surface area contributed by atoms with E-state index in [1.807, 2.05) is 11.9 Å². The summed E-state index contributed by atoms with van der Waals surface area (Å²) in [5.41, 5.74) is -6.80. The third-order valence-electron chi connectivity index (χ3n) is 6.43. The summed E-state index contributed by atoms with van der Waals surface area (Å²) in [6.07, 6.45) is 0. The molecule has 216 valence electrons. The molecular weight excluding hydrogens is 583 g/mol. The van der Waals surface area contributed by atoms with Crippen molar-refractivity contribution in [3.63, 3.8) is 0 Å². The van der Waals surface area contributed by atoms with E-state index in [1.165, 1.54) is 17.3 Å². The van der Waals surface area contributed by atoms with E-state index in [2.05, 4.69) is 5.32 Å². The van der Waals surface area contributed by atoms with E-state index in [1.54, 1.807) is 20.8 Å². The van der Waals surface area contributed by atoms with E-state index in [0.29, 0.717) is 25.2 Å². The highest BCUT2D eigenvalue weighted by atomic mass is 35.5. The van der Waals surface area contributed by atoms with Gasteiger partial charge in [0, 0.05) is 31.7 Å². The van der Waals surface area contributed by atoms with Crippen molar-refractivity contribution in [2.24, 2.45) is 0 Å². The minimum atomic E-state index is -5.68. The minimum absolute atomic E-state index is 0.0377. The number of sulfone groups is 1. The fourth-order valence-electron chi connectivity index (χ4n) is 4.11. The van der Waals surface area contributed by atoms with Crippen LogP contribution in [0.2, 0.25) is 5.02 Å². The van der Waals surface area contributed by atoms with E-state index in [-0.39, 0.29) is 40.4 Å². The van der Waals surface area contributed by atoms with Crippen LogP contribution in [0.5, 0.6) is 5.75 Å². The van der Waals surface area contributed by atoms with Crippen molar-refractivity contribution in [2.45, 2.75) is 48.4 Å². The van der Waals surface area contributed by atoms with E-state index >= 15 is 0 Å². The minimum Gasteiger partial charge on any atom is -0.507 e. The first-order valence-electron chi connectivity index (χ1n) is 11.7. The van der Waals surface area contributed by atoms with Crippen molar-refractivity contribution in [3.05, 3.63) is 46.0 Å². The molecule has 1 aliphatic heterocycles. The molecule has 3 rings (SSSR count). The smallest absolute Gasteiger partial charge is 0.501 e. The number of carbonyl (C=O) groups is 1. The molecule has 1 heterocycles. The number of halogens is 4. The van der Waals surface area contributed by atoms with Crippen LogP contribution in [0.4, 0.5) is 18.9 Å². The van der Waals surface area contributed by atoms with Crippen LogP contribution in [0, 0.1) is 6.92 Å². The van der Waals surface area contributed by atoms with Gasteiger partial charge in [-0.1, -0.05) is 32.4 Å². The van der Waals surface area contributed by atoms with Crippen LogP contribution in [0.3, 0.4) is 0 Å². The number of carbonyl (C=O) groups excluding carboxylic acids is 1. The molecule has 0 spiro atoms. The summed E-state index contributed by atoms with van der Waals surface area (Å²) in [4.78, 5) is 14.1. The fourth-order valence-corrected chi connectivity index (χ4v) is 6.87. The molecule has 2 aromatic carbocycles. The lowest BCUT2D eigenvalue weighted by molar-refractivity contribution is -0.0436. The first-order valence-corrected chi connectivity index (χ1v) is 15.0. The fraction of sp³-hybridized carbons (Fsp3) is 0.458. The molecule has 1 fully saturated rings. The topological polar surface area (TPSA) is 124 Å². The van der Waals surface area contributed by atoms with Crippen molar-refractivity contribution < 1.29 is 39.9 Å². The van der Waals surface area contributed by atoms with Gasteiger partial charge in [-0.2, -0.15) is 17.5 Å². The molecule has 0 aromatic heterocycles. The Hall–Kier alpha value is -2.39. The first-order chi connectivity index (χ1) is 17.7. The van der Waals surface area contributed by atoms with Crippen molar-refractivity contribution in [1.29, 1.82) is 0 Å². The summed E-state index contributed by atoms with van der Waals surface area (Å²) in [7, 11) is -7.88. The van der Waals surface area contributed by atoms with Gasteiger partial charge >= 0.3 is 5.51 Å². The summed E-state index contributed by atoms with van der Waals surface area (Å²) in [6, 6.07) is 3.40. The van der Waals surface area contributed by atoms with E-state index < -0.39 is 52.4 Å². The van der Waals surface area contributed by atoms with Crippen molar-refractivity contribution in [2.75, 3.05) is 38.5 Å². The van der Waals surface area contributed by atoms with E-state index in [9.17, 15) is 39.9 Å². The lowest BCUT2D eigenvalue weighted by atomic mass is 9.84. The molecule has 0 radical (unpaired) electrons. The number of amides is 1. The molecule has 0 unspecified atom stereocenters. The van der Waals surface area contributed by atoms with Crippen molar-refractivity contribution in [3.8, 4) is 5.75 Å². The number of rotatable bonds is 5. The van der Waals surface area contributed by atoms with Crippen molar-refractivity contribution >= 4 is 43.1 Å². The molecule has 15 heteroatoms. The van der Waals surface area contributed by atoms with Gasteiger partial charge in [0.1, 0.15) is 5.75 Å². The average Bonchev–Trinajstić information content (AvgIpc) is 2.79. The second-order valence-electron chi connectivity index (χ2n) is 10.3. The number of sulfonamides is 1. The highest BCUT2D eigenvalue weighted by molar-refractivity contribution is 7.92. The van der Waals surface area contributed by atoms with Gasteiger partial charge < -0.3 is 15.3 Å². The number of phenolic OH excluding ortho intramolecular Hbond substituents is 1. The maximum Gasteiger partial charge on any atom is 0.501 e. The van der Waals surface area contributed by atoms with Crippen molar-refractivity contribution in [1.82, 2.24) is 9.21 Å². The molecular formula is C24H29ClF3N3O6S2. The molecule has 2 N–H and O–H groups in total. The van der Waals surface area contributed by atoms with Gasteiger partial charge in [0.05, 0.1) is 26.1 Å². The van der Waals surface area contributed by atoms with Gasteiger partial charge in [0.25, 0.3) is 15.7 Å². The molecule has 0 atom stereocenters. The van der Waals surface area contributed by atoms with Gasteiger partial charge in [0.2, 0.25) is 10.0 Å². The van der Waals surface area contributed by atoms with E-state index in [0.717, 1.165) is 6.07 Å². The number of alkyl halides is 3. The molecule has 2 aromatic rings. The quantitative estimate of drug-likeness (QED) is 0.521. The Labute approximate surface area is 230 Å². The van der Waals surface area contributed by atoms with Crippen LogP contribution in [0.25, 0.3) is 0 Å². The number of aromatic hydroxyl groups is 1. The number of benzene rings is 2. The summed E-state index contributed by atoms with van der Waals surface area (Å²) in [5, 5.41) is 12.9. The van der Waals surface area contributed by atoms with Crippen LogP contribution in [0.15, 0.2) is 34.1 Å². The number of piperazine rings is 1. The number of phenols is 1. The molecule has 39 heavy (non-hydrogen) atoms. The highest BCUT2D eigenvalue weighted by Crippen LogP contribution is 2.40. The average molecular weight is 612 g/mol. The zero-order valence-corrected chi connectivity index (χ0v) is 24.2. The van der Waals surface area contributed by atoms with Crippen LogP contribution >= 0.6 is 11.6 Å². The van der Waals surface area contributed by atoms with Gasteiger partial charge in [-0.25, -0.2) is 16.8 Å². The molecule has 1 saturated heterocycles. The monoisotopic (exact) mass is 611 g/mol. The molecule has 0 bridgehead atoms. The number of anilines is 1. The van der Waals surface area contributed by atoms with Crippen LogP contribution < -0.4 is 5.32 Å². The summed E-state index contributed by atoms with van der Waals surface area (Å²) >= 11 is 6.00. The predicted molar refractivity (Wildman–Crippen MR) is 140 cm³/mol. The van der Waals surface area contributed by atoms with Crippen LogP contribution in [-0.4, -0.2) is 75.8 Å². The second-order valence-corrected chi connectivity index (χ2v) is 14.5. The normalized spacial score (nSPS) is 16.3. The van der Waals surface area contributed by atoms with Gasteiger partial charge in [0.15, 0.2) is 0 Å². The Bertz CT molecular complexity index is 1510. The number of nitrogens with one attached hydrogen (secondary N) is 1. The van der Waals surface area contributed by atoms with E-state index in [4.69, 9.17) is 11.6 Å². The Kier molecular flexibility index (Phi) is 8.42. The Balaban J connectivity index is 2.10. The van der Waals surface area contributed by atoms with Crippen LogP contribution in [0.1, 0.15) is 42.3 Å². The molecule has 1 aliphatic rings. The summed E-state index contributed by atoms with van der Waals surface area (Å²) in [5.74, 6) is -1.46. The van der Waals surface area contributed by atoms with Gasteiger partial charge in [-0.05, 0) is 49.2 Å². The highest BCUT2D eigenvalue weighted by Gasteiger charge is 2.47. The molecule has 0 aliphatic carbocycles. The van der Waals surface area contributed by atoms with Gasteiger partial charge in [-0.15, -0.1) is 0 Å². The number of likely N-dealkylation sites (N-methyl/N-ethyl adjacent to an activating group) is 1. The number of hydrogen-bond acceptors (Lipinski definition) is 7. The molecule has 0 saturated carbocycles. The third kappa shape index (κ3) is 6.04. The summed E-state index contributed by atoms with van der Waals surface area (Å²) in [6.45, 7) is 8.02. The first kappa shape index (κ1) is 31.1. The summed E-state index contributed by atoms with van der Waals surface area (Å²) < 4.78 is 90.7. The SMILES string of the molecule is Cc1c(S(=O)(=O)N2CCN(C)CC2)cc(C(C)(C)C)c(O)c1C(=O)Nc1ccc(S(=O)(=O)C(F)(F)F)cc1Cl. The second kappa shape index (κ2) is 10.5. The largest absolute Gasteiger partial charge is 0.507 e. The zero-order valence-electron chi connectivity index (χ0n) is 21.8. The number of hydrogen-bond donors (Lipinski definition) is 2. The third-order valence-corrected chi connectivity index (χ3v) is 10.3. The Morgan fingerprint density at radius 1 is 1.03 bits per heavy atom. The standard InChI is InChI=1S/C24H29ClF3N3O6S2/c1-14-19(39(36,37)31-10-8-30(5)9-11-31)13-16(23(2,3)4)21(32)20(14)22(33)29-18-7-6-15(12-17(18)25)38(34,35)24(26,27)28/h6-7,12-13,32H,8-11H2,1-5H3,(H,29,33). The van der Waals surface area contributed by atoms with Crippen LogP contribution in [-0.2, 0) is 25.3 Å². The lowest BCUT2D eigenvalue weighted by Crippen LogP contribution is -2.47. The lowest BCUT2D eigenvalue weighted by Gasteiger charge is -2.33. The number of nitrogens with zero attached hydrogens (tertiary/aromatic N) is 2. The predicted octanol–water partition coefficient (Wildman–Crippen LogP) is 4.13.